The fourth-order valence-electron chi connectivity index (χ4n) is 6.91. The largest absolute Gasteiger partial charge is 0.328 e. The minimum absolute atomic E-state index is 0.278. The van der Waals surface area contributed by atoms with Crippen molar-refractivity contribution >= 4 is 0 Å². The number of nitrogens with zero attached hydrogens (tertiary/aromatic N) is 1. The van der Waals surface area contributed by atoms with Crippen LogP contribution in [-0.2, 0) is 10.8 Å². The van der Waals surface area contributed by atoms with Gasteiger partial charge in [0.2, 0.25) is 0 Å². The minimum atomic E-state index is 0.278. The lowest BCUT2D eigenvalue weighted by molar-refractivity contribution is -0.899. The van der Waals surface area contributed by atoms with E-state index in [1.54, 1.807) is 16.7 Å². The van der Waals surface area contributed by atoms with E-state index in [1.807, 2.05) is 0 Å². The lowest BCUT2D eigenvalue weighted by Gasteiger charge is -2.45. The normalized spacial score (nSPS) is 27.4. The third-order valence-corrected chi connectivity index (χ3v) is 8.19. The monoisotopic (exact) mass is 374 g/mol. The molecule has 1 heteroatoms. The summed E-state index contributed by atoms with van der Waals surface area (Å²) in [5.74, 6) is 0. The molecule has 0 amide bonds. The predicted octanol–water partition coefficient (Wildman–Crippen LogP) is 6.35. The molecule has 1 spiro atoms. The maximum absolute atomic E-state index is 2.65. The second kappa shape index (κ2) is 6.20. The van der Waals surface area contributed by atoms with Crippen molar-refractivity contribution < 1.29 is 4.48 Å². The lowest BCUT2D eigenvalue weighted by atomic mass is 9.66. The minimum Gasteiger partial charge on any atom is -0.328 e. The SMILES string of the molecule is Cc1ccc2c(c1)C1(CCCCC1)c1cc(C3(C)CCC[N+](C)(C)C3)ccc1-2. The molecule has 1 saturated carbocycles. The third kappa shape index (κ3) is 2.70. The molecule has 0 bridgehead atoms. The highest BCUT2D eigenvalue weighted by Gasteiger charge is 2.45. The molecule has 5 rings (SSSR count). The molecule has 1 heterocycles. The van der Waals surface area contributed by atoms with Crippen LogP contribution in [0.5, 0.6) is 0 Å². The van der Waals surface area contributed by atoms with Crippen LogP contribution < -0.4 is 0 Å². The summed E-state index contributed by atoms with van der Waals surface area (Å²) in [6, 6.07) is 14.8. The van der Waals surface area contributed by atoms with Gasteiger partial charge in [-0.15, -0.1) is 0 Å². The fourth-order valence-corrected chi connectivity index (χ4v) is 6.91. The van der Waals surface area contributed by atoms with Crippen LogP contribution in [0.3, 0.4) is 0 Å². The second-order valence-corrected chi connectivity index (χ2v) is 10.9. The molecule has 2 aromatic rings. The first-order valence-corrected chi connectivity index (χ1v) is 11.4. The summed E-state index contributed by atoms with van der Waals surface area (Å²) in [6.45, 7) is 7.35. The van der Waals surface area contributed by atoms with Gasteiger partial charge in [-0.2, -0.15) is 0 Å². The van der Waals surface area contributed by atoms with Gasteiger partial charge < -0.3 is 4.48 Å². The molecule has 1 saturated heterocycles. The van der Waals surface area contributed by atoms with Crippen molar-refractivity contribution in [2.45, 2.75) is 69.6 Å². The summed E-state index contributed by atoms with van der Waals surface area (Å²) < 4.78 is 1.15. The second-order valence-electron chi connectivity index (χ2n) is 10.9. The number of hydrogen-bond acceptors (Lipinski definition) is 0. The van der Waals surface area contributed by atoms with Crippen molar-refractivity contribution in [1.29, 1.82) is 0 Å². The molecule has 2 aromatic carbocycles. The van der Waals surface area contributed by atoms with Crippen LogP contribution in [0.1, 0.15) is 74.1 Å². The van der Waals surface area contributed by atoms with Gasteiger partial charge in [-0.3, -0.25) is 0 Å². The maximum Gasteiger partial charge on any atom is 0.0877 e. The third-order valence-electron chi connectivity index (χ3n) is 8.19. The topological polar surface area (TPSA) is 0 Å². The van der Waals surface area contributed by atoms with Gasteiger partial charge in [0, 0.05) is 10.8 Å². The Labute approximate surface area is 171 Å². The van der Waals surface area contributed by atoms with Crippen molar-refractivity contribution in [2.75, 3.05) is 27.2 Å². The van der Waals surface area contributed by atoms with Gasteiger partial charge in [0.05, 0.1) is 27.2 Å². The highest BCUT2D eigenvalue weighted by molar-refractivity contribution is 5.82. The number of fused-ring (bicyclic) bond motifs is 5. The van der Waals surface area contributed by atoms with Crippen LogP contribution in [-0.4, -0.2) is 31.7 Å². The molecule has 0 aromatic heterocycles. The van der Waals surface area contributed by atoms with E-state index in [2.05, 4.69) is 64.3 Å². The first-order chi connectivity index (χ1) is 13.3. The fraction of sp³-hybridized carbons (Fsp3) is 0.556. The van der Waals surface area contributed by atoms with Crippen LogP contribution in [0.2, 0.25) is 0 Å². The molecule has 0 N–H and O–H groups in total. The first-order valence-electron chi connectivity index (χ1n) is 11.4. The van der Waals surface area contributed by atoms with E-state index in [-0.39, 0.29) is 5.41 Å². The molecule has 0 radical (unpaired) electrons. The van der Waals surface area contributed by atoms with Crippen molar-refractivity contribution in [2.24, 2.45) is 0 Å². The Morgan fingerprint density at radius 3 is 2.18 bits per heavy atom. The van der Waals surface area contributed by atoms with Crippen LogP contribution in [0.4, 0.5) is 0 Å². The van der Waals surface area contributed by atoms with E-state index < -0.39 is 0 Å². The molecule has 28 heavy (non-hydrogen) atoms. The Hall–Kier alpha value is -1.60. The Balaban J connectivity index is 1.66. The Morgan fingerprint density at radius 2 is 1.46 bits per heavy atom. The zero-order valence-corrected chi connectivity index (χ0v) is 18.3. The molecule has 1 unspecified atom stereocenters. The van der Waals surface area contributed by atoms with Gasteiger partial charge >= 0.3 is 0 Å². The number of rotatable bonds is 1. The highest BCUT2D eigenvalue weighted by atomic mass is 15.3. The number of quaternary nitrogens is 1. The van der Waals surface area contributed by atoms with E-state index in [1.165, 1.54) is 74.7 Å². The smallest absolute Gasteiger partial charge is 0.0877 e. The van der Waals surface area contributed by atoms with E-state index >= 15 is 0 Å². The van der Waals surface area contributed by atoms with Gasteiger partial charge in [0.25, 0.3) is 0 Å². The quantitative estimate of drug-likeness (QED) is 0.510. The number of piperidine rings is 1. The van der Waals surface area contributed by atoms with Gasteiger partial charge in [-0.05, 0) is 60.4 Å². The summed E-state index contributed by atoms with van der Waals surface area (Å²) in [5.41, 5.74) is 9.90. The summed E-state index contributed by atoms with van der Waals surface area (Å²) in [7, 11) is 4.82. The standard InChI is InChI=1S/C27H36N/c1-20-9-11-22-23-12-10-21(26(2)13-8-16-28(3,4)19-26)18-25(23)27(24(22)17-20)14-6-5-7-15-27/h9-12,17-18H,5-8,13-16,19H2,1-4H3/q+1. The van der Waals surface area contributed by atoms with Crippen LogP contribution >= 0.6 is 0 Å². The Kier molecular flexibility index (Phi) is 4.08. The van der Waals surface area contributed by atoms with E-state index in [0.29, 0.717) is 5.41 Å². The van der Waals surface area contributed by atoms with Crippen molar-refractivity contribution in [3.8, 4) is 11.1 Å². The van der Waals surface area contributed by atoms with Crippen LogP contribution in [0.25, 0.3) is 11.1 Å². The van der Waals surface area contributed by atoms with Crippen molar-refractivity contribution in [3.05, 3.63) is 58.7 Å². The summed E-state index contributed by atoms with van der Waals surface area (Å²) >= 11 is 0. The lowest BCUT2D eigenvalue weighted by Crippen LogP contribution is -2.53. The zero-order valence-electron chi connectivity index (χ0n) is 18.3. The number of benzene rings is 2. The zero-order chi connectivity index (χ0) is 19.6. The average Bonchev–Trinajstić information content (AvgIpc) is 2.90. The van der Waals surface area contributed by atoms with Gasteiger partial charge in [-0.1, -0.05) is 68.1 Å². The molecule has 1 atom stereocenters. The van der Waals surface area contributed by atoms with Crippen molar-refractivity contribution in [3.63, 3.8) is 0 Å². The van der Waals surface area contributed by atoms with E-state index in [4.69, 9.17) is 0 Å². The first kappa shape index (κ1) is 18.4. The van der Waals surface area contributed by atoms with Crippen LogP contribution in [0.15, 0.2) is 36.4 Å². The Bertz CT molecular complexity index is 916. The molecule has 148 valence electrons. The Morgan fingerprint density at radius 1 is 0.786 bits per heavy atom. The number of likely N-dealkylation sites (tertiary alicyclic amines) is 1. The summed E-state index contributed by atoms with van der Waals surface area (Å²) in [4.78, 5) is 0. The summed E-state index contributed by atoms with van der Waals surface area (Å²) in [6.07, 6.45) is 9.48. The summed E-state index contributed by atoms with van der Waals surface area (Å²) in [5, 5.41) is 0. The van der Waals surface area contributed by atoms with Gasteiger partial charge in [-0.25, -0.2) is 0 Å². The van der Waals surface area contributed by atoms with E-state index in [9.17, 15) is 0 Å². The highest BCUT2D eigenvalue weighted by Crippen LogP contribution is 2.56. The van der Waals surface area contributed by atoms with Gasteiger partial charge in [0.1, 0.15) is 0 Å². The maximum atomic E-state index is 2.65. The molecule has 3 aliphatic rings. The predicted molar refractivity (Wildman–Crippen MR) is 119 cm³/mol. The molecular formula is C27H36N+. The molecule has 1 nitrogen and oxygen atoms in total. The van der Waals surface area contributed by atoms with Crippen molar-refractivity contribution in [1.82, 2.24) is 0 Å². The number of aryl methyl sites for hydroxylation is 1. The molecule has 2 aliphatic carbocycles. The molecule has 2 fully saturated rings. The molecular weight excluding hydrogens is 338 g/mol. The number of hydrogen-bond donors (Lipinski definition) is 0. The average molecular weight is 375 g/mol. The van der Waals surface area contributed by atoms with Crippen LogP contribution in [0, 0.1) is 6.92 Å². The molecule has 1 aliphatic heterocycles. The van der Waals surface area contributed by atoms with Gasteiger partial charge in [0.15, 0.2) is 0 Å². The number of likely N-dealkylation sites (N-methyl/N-ethyl adjacent to an activating group) is 1. The van der Waals surface area contributed by atoms with E-state index in [0.717, 1.165) is 4.48 Å².